The van der Waals surface area contributed by atoms with Crippen LogP contribution in [-0.2, 0) is 0 Å². The lowest BCUT2D eigenvalue weighted by atomic mass is 10.1. The monoisotopic (exact) mass is 380 g/mol. The maximum atomic E-state index is 4.10. The first-order chi connectivity index (χ1) is 6.66. The number of benzene rings is 1. The molecule has 0 N–H and O–H groups in total. The lowest BCUT2D eigenvalue weighted by molar-refractivity contribution is 1.07. The van der Waals surface area contributed by atoms with E-state index in [9.17, 15) is 0 Å². The van der Waals surface area contributed by atoms with Gasteiger partial charge in [0.25, 0.3) is 0 Å². The van der Waals surface area contributed by atoms with Gasteiger partial charge in [0.1, 0.15) is 5.01 Å². The number of aromatic nitrogens is 2. The number of aryl methyl sites for hydroxylation is 1. The Kier molecular flexibility index (Phi) is 3.18. The lowest BCUT2D eigenvalue weighted by Gasteiger charge is -1.99. The van der Waals surface area contributed by atoms with Crippen molar-refractivity contribution in [3.63, 3.8) is 0 Å². The second kappa shape index (κ2) is 4.24. The van der Waals surface area contributed by atoms with E-state index >= 15 is 0 Å². The minimum Gasteiger partial charge on any atom is -0.137 e. The van der Waals surface area contributed by atoms with Gasteiger partial charge >= 0.3 is 0 Å². The minimum absolute atomic E-state index is 0.971. The summed E-state index contributed by atoms with van der Waals surface area (Å²) in [7, 11) is 0. The van der Waals surface area contributed by atoms with Gasteiger partial charge in [0.2, 0.25) is 0 Å². The summed E-state index contributed by atoms with van der Waals surface area (Å²) < 4.78 is 2.10. The smallest absolute Gasteiger partial charge is 0.137 e. The Hall–Kier alpha value is -0.01000. The number of hydrogen-bond acceptors (Lipinski definition) is 3. The quantitative estimate of drug-likeness (QED) is 0.701. The first kappa shape index (κ1) is 10.5. The zero-order chi connectivity index (χ0) is 10.1. The van der Waals surface area contributed by atoms with Crippen LogP contribution in [0.5, 0.6) is 0 Å². The molecule has 1 aromatic carbocycles. The third kappa shape index (κ3) is 2.14. The van der Waals surface area contributed by atoms with Crippen LogP contribution < -0.4 is 0 Å². The normalized spacial score (nSPS) is 10.5. The predicted molar refractivity (Wildman–Crippen MR) is 70.5 cm³/mol. The summed E-state index contributed by atoms with van der Waals surface area (Å²) in [6, 6.07) is 6.20. The molecule has 1 aromatic heterocycles. The Morgan fingerprint density at radius 1 is 1.36 bits per heavy atom. The summed E-state index contributed by atoms with van der Waals surface area (Å²) in [4.78, 5) is 0. The molecule has 5 heteroatoms. The van der Waals surface area contributed by atoms with E-state index in [4.69, 9.17) is 0 Å². The van der Waals surface area contributed by atoms with E-state index in [0.717, 1.165) is 18.1 Å². The molecule has 0 aliphatic heterocycles. The van der Waals surface area contributed by atoms with Crippen molar-refractivity contribution in [1.82, 2.24) is 10.2 Å². The summed E-state index contributed by atoms with van der Waals surface area (Å²) in [6.45, 7) is 2.07. The van der Waals surface area contributed by atoms with Crippen LogP contribution in [0.2, 0.25) is 0 Å². The fourth-order valence-electron chi connectivity index (χ4n) is 1.10. The van der Waals surface area contributed by atoms with Crippen LogP contribution >= 0.6 is 49.9 Å². The molecule has 1 heterocycles. The average molecular weight is 381 g/mol. The highest BCUT2D eigenvalue weighted by Gasteiger charge is 2.05. The van der Waals surface area contributed by atoms with Crippen molar-refractivity contribution in [2.24, 2.45) is 0 Å². The number of rotatable bonds is 1. The third-order valence-corrected chi connectivity index (χ3v) is 4.33. The molecule has 0 radical (unpaired) electrons. The molecule has 14 heavy (non-hydrogen) atoms. The summed E-state index contributed by atoms with van der Waals surface area (Å²) >= 11 is 7.26. The second-order valence-corrected chi connectivity index (χ2v) is 6.41. The topological polar surface area (TPSA) is 25.8 Å². The molecule has 0 bridgehead atoms. The van der Waals surface area contributed by atoms with Crippen molar-refractivity contribution in [3.05, 3.63) is 31.2 Å². The molecule has 2 aromatic rings. The Bertz CT molecular complexity index is 470. The highest BCUT2D eigenvalue weighted by atomic mass is 127. The van der Waals surface area contributed by atoms with Crippen LogP contribution in [0.1, 0.15) is 5.56 Å². The lowest BCUT2D eigenvalue weighted by Crippen LogP contribution is -1.80. The van der Waals surface area contributed by atoms with Gasteiger partial charge in [-0.25, -0.2) is 0 Å². The van der Waals surface area contributed by atoms with E-state index in [1.54, 1.807) is 11.3 Å². The van der Waals surface area contributed by atoms with Crippen molar-refractivity contribution in [2.75, 3.05) is 0 Å². The van der Waals surface area contributed by atoms with Gasteiger partial charge < -0.3 is 0 Å². The largest absolute Gasteiger partial charge is 0.178 e. The predicted octanol–water partition coefficient (Wildman–Crippen LogP) is 3.88. The van der Waals surface area contributed by atoms with Crippen LogP contribution in [0.25, 0.3) is 10.6 Å². The Morgan fingerprint density at radius 3 is 2.71 bits per heavy atom. The highest BCUT2D eigenvalue weighted by molar-refractivity contribution is 14.1. The minimum atomic E-state index is 0.971. The van der Waals surface area contributed by atoms with E-state index in [0.29, 0.717) is 0 Å². The van der Waals surface area contributed by atoms with Crippen molar-refractivity contribution in [3.8, 4) is 10.6 Å². The van der Waals surface area contributed by atoms with E-state index < -0.39 is 0 Å². The van der Waals surface area contributed by atoms with Gasteiger partial charge in [-0.1, -0.05) is 33.3 Å². The van der Waals surface area contributed by atoms with Gasteiger partial charge in [-0.05, 0) is 47.2 Å². The second-order valence-electron chi connectivity index (χ2n) is 2.82. The van der Waals surface area contributed by atoms with E-state index in [-0.39, 0.29) is 0 Å². The first-order valence-electron chi connectivity index (χ1n) is 3.92. The summed E-state index contributed by atoms with van der Waals surface area (Å²) in [5.74, 6) is 0. The number of hydrogen-bond donors (Lipinski definition) is 0. The maximum absolute atomic E-state index is 4.10. The van der Waals surface area contributed by atoms with Crippen molar-refractivity contribution in [1.29, 1.82) is 0 Å². The van der Waals surface area contributed by atoms with Crippen molar-refractivity contribution in [2.45, 2.75) is 6.92 Å². The van der Waals surface area contributed by atoms with Crippen molar-refractivity contribution < 1.29 is 0 Å². The zero-order valence-electron chi connectivity index (χ0n) is 7.29. The average Bonchev–Trinajstić information content (AvgIpc) is 2.57. The molecule has 0 atom stereocenters. The number of nitrogens with zero attached hydrogens (tertiary/aromatic N) is 2. The highest BCUT2D eigenvalue weighted by Crippen LogP contribution is 2.27. The van der Waals surface area contributed by atoms with Gasteiger partial charge in [-0.15, -0.1) is 10.2 Å². The molecule has 0 fully saturated rings. The maximum Gasteiger partial charge on any atom is 0.178 e. The van der Waals surface area contributed by atoms with Gasteiger partial charge in [0, 0.05) is 10.0 Å². The molecular weight excluding hydrogens is 375 g/mol. The van der Waals surface area contributed by atoms with Crippen molar-refractivity contribution >= 4 is 49.9 Å². The van der Waals surface area contributed by atoms with Gasteiger partial charge in [0.05, 0.1) is 0 Å². The molecule has 0 unspecified atom stereocenters. The Labute approximate surface area is 108 Å². The van der Waals surface area contributed by atoms with Crippen LogP contribution in [-0.4, -0.2) is 10.2 Å². The van der Waals surface area contributed by atoms with Gasteiger partial charge in [-0.3, -0.25) is 0 Å². The Morgan fingerprint density at radius 2 is 2.14 bits per heavy atom. The molecule has 0 saturated carbocycles. The molecule has 0 aliphatic rings. The fraction of sp³-hybridized carbons (Fsp3) is 0.111. The van der Waals surface area contributed by atoms with Crippen LogP contribution in [0.15, 0.2) is 22.7 Å². The standard InChI is InChI=1S/C9H6BrIN2S/c1-5-4-6(2-3-7(5)10)8-12-13-9(11)14-8/h2-4H,1H3. The SMILES string of the molecule is Cc1cc(-c2nnc(I)s2)ccc1Br. The summed E-state index contributed by atoms with van der Waals surface area (Å²) in [6.07, 6.45) is 0. The summed E-state index contributed by atoms with van der Waals surface area (Å²) in [5.41, 5.74) is 2.35. The van der Waals surface area contributed by atoms with E-state index in [1.807, 2.05) is 12.1 Å². The zero-order valence-corrected chi connectivity index (χ0v) is 11.9. The first-order valence-corrected chi connectivity index (χ1v) is 6.61. The van der Waals surface area contributed by atoms with E-state index in [2.05, 4.69) is 61.7 Å². The fourth-order valence-corrected chi connectivity index (χ4v) is 2.65. The third-order valence-electron chi connectivity index (χ3n) is 1.81. The molecule has 2 nitrogen and oxygen atoms in total. The van der Waals surface area contributed by atoms with Crippen LogP contribution in [0.4, 0.5) is 0 Å². The summed E-state index contributed by atoms with van der Waals surface area (Å²) in [5, 5.41) is 9.07. The molecule has 0 amide bonds. The van der Waals surface area contributed by atoms with E-state index in [1.165, 1.54) is 5.56 Å². The molecule has 0 saturated heterocycles. The van der Waals surface area contributed by atoms with Crippen LogP contribution in [0.3, 0.4) is 0 Å². The van der Waals surface area contributed by atoms with Gasteiger partial charge in [-0.2, -0.15) is 0 Å². The Balaban J connectivity index is 2.47. The molecular formula is C9H6BrIN2S. The molecule has 0 spiro atoms. The van der Waals surface area contributed by atoms with Gasteiger partial charge in [0.15, 0.2) is 3.01 Å². The number of halogens is 2. The molecule has 72 valence electrons. The van der Waals surface area contributed by atoms with Crippen LogP contribution in [0, 0.1) is 9.94 Å². The molecule has 2 rings (SSSR count). The molecule has 0 aliphatic carbocycles.